The minimum absolute atomic E-state index is 0.0471. The number of carbonyl (C=O) groups excluding carboxylic acids is 2. The number of hydrogen-bond acceptors (Lipinski definition) is 4. The molecule has 1 amide bonds. The fraction of sp³-hybridized carbons (Fsp3) is 0.375. The van der Waals surface area contributed by atoms with Crippen LogP contribution in [-0.2, 0) is 16.0 Å². The number of carbonyl (C=O) groups is 2. The SMILES string of the molecule is COc1cc2c(cc1OC)CC(=O)N(C(C)C(C)=O)C=C2. The number of ether oxygens (including phenoxy) is 2. The van der Waals surface area contributed by atoms with Crippen molar-refractivity contribution in [1.29, 1.82) is 0 Å². The first-order chi connectivity index (χ1) is 9.97. The van der Waals surface area contributed by atoms with Gasteiger partial charge in [-0.1, -0.05) is 0 Å². The van der Waals surface area contributed by atoms with Crippen LogP contribution in [0, 0.1) is 0 Å². The van der Waals surface area contributed by atoms with Crippen molar-refractivity contribution >= 4 is 17.8 Å². The van der Waals surface area contributed by atoms with Crippen molar-refractivity contribution in [3.05, 3.63) is 29.5 Å². The van der Waals surface area contributed by atoms with Crippen LogP contribution in [-0.4, -0.2) is 36.9 Å². The molecule has 1 aromatic rings. The summed E-state index contributed by atoms with van der Waals surface area (Å²) in [6.07, 6.45) is 3.70. The lowest BCUT2D eigenvalue weighted by Crippen LogP contribution is -2.38. The predicted octanol–water partition coefficient (Wildman–Crippen LogP) is 2.04. The van der Waals surface area contributed by atoms with Crippen LogP contribution in [0.5, 0.6) is 11.5 Å². The van der Waals surface area contributed by atoms with Crippen LogP contribution in [0.4, 0.5) is 0 Å². The fourth-order valence-corrected chi connectivity index (χ4v) is 2.28. The van der Waals surface area contributed by atoms with E-state index in [0.717, 1.165) is 11.1 Å². The highest BCUT2D eigenvalue weighted by atomic mass is 16.5. The Labute approximate surface area is 124 Å². The van der Waals surface area contributed by atoms with E-state index >= 15 is 0 Å². The highest BCUT2D eigenvalue weighted by Gasteiger charge is 2.25. The smallest absolute Gasteiger partial charge is 0.231 e. The quantitative estimate of drug-likeness (QED) is 0.851. The molecule has 1 unspecified atom stereocenters. The van der Waals surface area contributed by atoms with Gasteiger partial charge < -0.3 is 14.4 Å². The summed E-state index contributed by atoms with van der Waals surface area (Å²) in [6, 6.07) is 3.17. The average Bonchev–Trinajstić information content (AvgIpc) is 2.62. The van der Waals surface area contributed by atoms with Gasteiger partial charge in [0.05, 0.1) is 26.7 Å². The van der Waals surface area contributed by atoms with E-state index in [1.54, 1.807) is 33.4 Å². The van der Waals surface area contributed by atoms with Gasteiger partial charge in [0.1, 0.15) is 0 Å². The Hall–Kier alpha value is -2.30. The molecule has 0 N–H and O–H groups in total. The lowest BCUT2D eigenvalue weighted by Gasteiger charge is -2.22. The molecule has 5 heteroatoms. The van der Waals surface area contributed by atoms with Crippen LogP contribution < -0.4 is 9.47 Å². The second-order valence-corrected chi connectivity index (χ2v) is 4.99. The van der Waals surface area contributed by atoms with Gasteiger partial charge in [0.15, 0.2) is 17.3 Å². The summed E-state index contributed by atoms with van der Waals surface area (Å²) >= 11 is 0. The second-order valence-electron chi connectivity index (χ2n) is 4.99. The first-order valence-corrected chi connectivity index (χ1v) is 6.72. The van der Waals surface area contributed by atoms with Crippen molar-refractivity contribution in [2.24, 2.45) is 0 Å². The third-order valence-corrected chi connectivity index (χ3v) is 3.70. The number of rotatable bonds is 4. The molecule has 5 nitrogen and oxygen atoms in total. The maximum absolute atomic E-state index is 12.3. The number of ketones is 1. The highest BCUT2D eigenvalue weighted by molar-refractivity contribution is 5.90. The summed E-state index contributed by atoms with van der Waals surface area (Å²) in [5.41, 5.74) is 1.74. The van der Waals surface area contributed by atoms with Crippen molar-refractivity contribution in [3.63, 3.8) is 0 Å². The Kier molecular flexibility index (Phi) is 4.31. The van der Waals surface area contributed by atoms with Crippen LogP contribution in [0.2, 0.25) is 0 Å². The molecule has 0 bridgehead atoms. The molecule has 1 aliphatic heterocycles. The Morgan fingerprint density at radius 2 is 1.86 bits per heavy atom. The van der Waals surface area contributed by atoms with E-state index in [9.17, 15) is 9.59 Å². The van der Waals surface area contributed by atoms with Crippen LogP contribution in [0.1, 0.15) is 25.0 Å². The number of hydrogen-bond donors (Lipinski definition) is 0. The Balaban J connectivity index is 2.42. The summed E-state index contributed by atoms with van der Waals surface area (Å²) in [6.45, 7) is 3.21. The Bertz CT molecular complexity index is 607. The monoisotopic (exact) mass is 289 g/mol. The molecular formula is C16H19NO4. The van der Waals surface area contributed by atoms with E-state index in [1.165, 1.54) is 11.8 Å². The van der Waals surface area contributed by atoms with Crippen molar-refractivity contribution in [2.75, 3.05) is 14.2 Å². The van der Waals surface area contributed by atoms with Gasteiger partial charge in [-0.05, 0) is 43.2 Å². The number of fused-ring (bicyclic) bond motifs is 1. The standard InChI is InChI=1S/C16H19NO4/c1-10(11(2)18)17-6-5-12-7-14(20-3)15(21-4)8-13(12)9-16(17)19/h5-8,10H,9H2,1-4H3. The summed E-state index contributed by atoms with van der Waals surface area (Å²) in [7, 11) is 3.13. The summed E-state index contributed by atoms with van der Waals surface area (Å²) < 4.78 is 10.5. The zero-order valence-corrected chi connectivity index (χ0v) is 12.7. The molecule has 0 aliphatic carbocycles. The van der Waals surface area contributed by atoms with Gasteiger partial charge in [-0.25, -0.2) is 0 Å². The molecule has 0 fully saturated rings. The molecule has 112 valence electrons. The van der Waals surface area contributed by atoms with Crippen molar-refractivity contribution in [3.8, 4) is 11.5 Å². The fourth-order valence-electron chi connectivity index (χ4n) is 2.28. The van der Waals surface area contributed by atoms with E-state index < -0.39 is 6.04 Å². The second kappa shape index (κ2) is 5.99. The number of benzene rings is 1. The van der Waals surface area contributed by atoms with Gasteiger partial charge in [-0.15, -0.1) is 0 Å². The molecule has 0 saturated carbocycles. The Morgan fingerprint density at radius 3 is 2.43 bits per heavy atom. The van der Waals surface area contributed by atoms with Gasteiger partial charge in [0.25, 0.3) is 0 Å². The molecule has 21 heavy (non-hydrogen) atoms. The topological polar surface area (TPSA) is 55.8 Å². The summed E-state index contributed by atoms with van der Waals surface area (Å²) in [5, 5.41) is 0. The largest absolute Gasteiger partial charge is 0.493 e. The average molecular weight is 289 g/mol. The van der Waals surface area contributed by atoms with E-state index in [2.05, 4.69) is 0 Å². The zero-order valence-electron chi connectivity index (χ0n) is 12.7. The third-order valence-electron chi connectivity index (χ3n) is 3.70. The first-order valence-electron chi connectivity index (χ1n) is 6.72. The maximum atomic E-state index is 12.3. The normalized spacial score (nSPS) is 15.2. The third kappa shape index (κ3) is 2.91. The lowest BCUT2D eigenvalue weighted by atomic mass is 10.0. The predicted molar refractivity (Wildman–Crippen MR) is 79.3 cm³/mol. The van der Waals surface area contributed by atoms with Gasteiger partial charge in [0.2, 0.25) is 5.91 Å². The summed E-state index contributed by atoms with van der Waals surface area (Å²) in [4.78, 5) is 25.3. The molecule has 1 heterocycles. The van der Waals surface area contributed by atoms with E-state index in [1.807, 2.05) is 12.1 Å². The van der Waals surface area contributed by atoms with Gasteiger partial charge in [-0.3, -0.25) is 9.59 Å². The van der Waals surface area contributed by atoms with Gasteiger partial charge >= 0.3 is 0 Å². The molecule has 0 spiro atoms. The lowest BCUT2D eigenvalue weighted by molar-refractivity contribution is -0.134. The summed E-state index contributed by atoms with van der Waals surface area (Å²) in [5.74, 6) is 1.04. The van der Waals surface area contributed by atoms with Crippen LogP contribution >= 0.6 is 0 Å². The van der Waals surface area contributed by atoms with E-state index in [-0.39, 0.29) is 18.1 Å². The van der Waals surface area contributed by atoms with Crippen LogP contribution in [0.3, 0.4) is 0 Å². The minimum Gasteiger partial charge on any atom is -0.493 e. The van der Waals surface area contributed by atoms with Crippen molar-refractivity contribution in [2.45, 2.75) is 26.3 Å². The number of amides is 1. The van der Waals surface area contributed by atoms with Crippen LogP contribution in [0.25, 0.3) is 6.08 Å². The molecule has 2 rings (SSSR count). The van der Waals surface area contributed by atoms with E-state index in [0.29, 0.717) is 11.5 Å². The number of methoxy groups -OCH3 is 2. The number of nitrogens with zero attached hydrogens (tertiary/aromatic N) is 1. The molecule has 0 radical (unpaired) electrons. The van der Waals surface area contributed by atoms with Gasteiger partial charge in [0, 0.05) is 6.20 Å². The molecular weight excluding hydrogens is 270 g/mol. The molecule has 0 aromatic heterocycles. The first kappa shape index (κ1) is 15.1. The van der Waals surface area contributed by atoms with Crippen molar-refractivity contribution < 1.29 is 19.1 Å². The maximum Gasteiger partial charge on any atom is 0.231 e. The highest BCUT2D eigenvalue weighted by Crippen LogP contribution is 2.32. The van der Waals surface area contributed by atoms with E-state index in [4.69, 9.17) is 9.47 Å². The molecule has 0 saturated heterocycles. The molecule has 1 atom stereocenters. The Morgan fingerprint density at radius 1 is 1.24 bits per heavy atom. The molecule has 1 aromatic carbocycles. The van der Waals surface area contributed by atoms with Crippen molar-refractivity contribution in [1.82, 2.24) is 4.90 Å². The zero-order chi connectivity index (χ0) is 15.6. The number of Topliss-reactive ketones (excluding diaryl/α,β-unsaturated/α-hetero) is 1. The minimum atomic E-state index is -0.466. The van der Waals surface area contributed by atoms with Crippen LogP contribution in [0.15, 0.2) is 18.3 Å². The van der Waals surface area contributed by atoms with Gasteiger partial charge in [-0.2, -0.15) is 0 Å². The molecule has 1 aliphatic rings.